The molecule has 0 amide bonds. The Morgan fingerprint density at radius 1 is 0.842 bits per heavy atom. The smallest absolute Gasteiger partial charge is 0.0971 e. The molecule has 0 rings (SSSR count). The van der Waals surface area contributed by atoms with E-state index in [-0.39, 0.29) is 6.61 Å². The maximum absolute atomic E-state index is 9.68. The van der Waals surface area contributed by atoms with Crippen molar-refractivity contribution < 1.29 is 15.3 Å². The normalized spacial score (nSPS) is 16.3. The Hall–Kier alpha value is -0.160. The lowest BCUT2D eigenvalue weighted by molar-refractivity contribution is -0.0121. The molecule has 0 aromatic rings. The summed E-state index contributed by atoms with van der Waals surface area (Å²) in [5.74, 6) is 0. The molecule has 0 aliphatic heterocycles. The number of hydrogen-bond acceptors (Lipinski definition) is 4. The molecule has 0 heterocycles. The molecule has 3 atom stereocenters. The van der Waals surface area contributed by atoms with E-state index in [9.17, 15) is 10.2 Å². The van der Waals surface area contributed by atoms with Crippen molar-refractivity contribution in [2.24, 2.45) is 5.73 Å². The molecule has 0 saturated heterocycles. The van der Waals surface area contributed by atoms with Gasteiger partial charge in [0.25, 0.3) is 0 Å². The Labute approximate surface area is 118 Å². The maximum atomic E-state index is 9.68. The van der Waals surface area contributed by atoms with E-state index >= 15 is 0 Å². The van der Waals surface area contributed by atoms with Crippen LogP contribution in [0.1, 0.15) is 71.1 Å². The lowest BCUT2D eigenvalue weighted by Gasteiger charge is -2.22. The number of rotatable bonds is 13. The maximum Gasteiger partial charge on any atom is 0.0971 e. The third-order valence-corrected chi connectivity index (χ3v) is 3.65. The molecule has 19 heavy (non-hydrogen) atoms. The highest BCUT2D eigenvalue weighted by Gasteiger charge is 2.21. The molecular formula is C15H33NO3. The second-order valence-corrected chi connectivity index (χ2v) is 5.52. The van der Waals surface area contributed by atoms with Crippen LogP contribution in [-0.2, 0) is 0 Å². The second-order valence-electron chi connectivity index (χ2n) is 5.52. The largest absolute Gasteiger partial charge is 0.395 e. The summed E-state index contributed by atoms with van der Waals surface area (Å²) < 4.78 is 0. The zero-order chi connectivity index (χ0) is 14.5. The summed E-state index contributed by atoms with van der Waals surface area (Å²) in [7, 11) is 0. The topological polar surface area (TPSA) is 86.7 Å². The molecule has 4 nitrogen and oxygen atoms in total. The van der Waals surface area contributed by atoms with Gasteiger partial charge in [-0.2, -0.15) is 0 Å². The van der Waals surface area contributed by atoms with E-state index in [2.05, 4.69) is 6.92 Å². The molecule has 0 radical (unpaired) electrons. The Morgan fingerprint density at radius 3 is 1.79 bits per heavy atom. The van der Waals surface area contributed by atoms with Crippen molar-refractivity contribution in [2.75, 3.05) is 6.61 Å². The van der Waals surface area contributed by atoms with Crippen LogP contribution in [0.3, 0.4) is 0 Å². The van der Waals surface area contributed by atoms with Gasteiger partial charge in [0.1, 0.15) is 0 Å². The van der Waals surface area contributed by atoms with Gasteiger partial charge in [-0.05, 0) is 6.42 Å². The van der Waals surface area contributed by atoms with Gasteiger partial charge in [0.05, 0.1) is 24.9 Å². The fourth-order valence-electron chi connectivity index (χ4n) is 2.23. The minimum atomic E-state index is -1.01. The van der Waals surface area contributed by atoms with Gasteiger partial charge >= 0.3 is 0 Å². The van der Waals surface area contributed by atoms with E-state index in [1.165, 1.54) is 44.9 Å². The first-order chi connectivity index (χ1) is 9.13. The van der Waals surface area contributed by atoms with E-state index < -0.39 is 18.2 Å². The van der Waals surface area contributed by atoms with Crippen LogP contribution in [0.15, 0.2) is 0 Å². The number of hydrogen-bond donors (Lipinski definition) is 4. The predicted octanol–water partition coefficient (Wildman–Crippen LogP) is 1.95. The van der Waals surface area contributed by atoms with Crippen molar-refractivity contribution in [2.45, 2.75) is 89.4 Å². The van der Waals surface area contributed by atoms with E-state index in [0.29, 0.717) is 6.42 Å². The summed E-state index contributed by atoms with van der Waals surface area (Å²) in [6.45, 7) is 1.93. The molecule has 5 N–H and O–H groups in total. The molecule has 0 bridgehead atoms. The van der Waals surface area contributed by atoms with Gasteiger partial charge in [0.2, 0.25) is 0 Å². The van der Waals surface area contributed by atoms with E-state index in [1.807, 2.05) is 0 Å². The van der Waals surface area contributed by atoms with Crippen LogP contribution >= 0.6 is 0 Å². The van der Waals surface area contributed by atoms with E-state index in [1.54, 1.807) is 0 Å². The van der Waals surface area contributed by atoms with Gasteiger partial charge in [0, 0.05) is 0 Å². The van der Waals surface area contributed by atoms with Gasteiger partial charge < -0.3 is 21.1 Å². The van der Waals surface area contributed by atoms with Gasteiger partial charge in [-0.1, -0.05) is 64.7 Å². The van der Waals surface area contributed by atoms with Crippen molar-refractivity contribution in [1.29, 1.82) is 0 Å². The highest BCUT2D eigenvalue weighted by Crippen LogP contribution is 2.13. The first-order valence-corrected chi connectivity index (χ1v) is 7.86. The van der Waals surface area contributed by atoms with Crippen LogP contribution in [0.25, 0.3) is 0 Å². The molecule has 0 aromatic heterocycles. The first kappa shape index (κ1) is 18.8. The lowest BCUT2D eigenvalue weighted by Crippen LogP contribution is -2.45. The van der Waals surface area contributed by atoms with Crippen molar-refractivity contribution in [1.82, 2.24) is 0 Å². The summed E-state index contributed by atoms with van der Waals surface area (Å²) in [4.78, 5) is 0. The number of aliphatic hydroxyl groups excluding tert-OH is 3. The van der Waals surface area contributed by atoms with Crippen LogP contribution < -0.4 is 5.73 Å². The molecular weight excluding hydrogens is 242 g/mol. The third-order valence-electron chi connectivity index (χ3n) is 3.65. The van der Waals surface area contributed by atoms with Crippen molar-refractivity contribution in [3.8, 4) is 0 Å². The minimum Gasteiger partial charge on any atom is -0.395 e. The molecule has 0 fully saturated rings. The Morgan fingerprint density at radius 2 is 1.32 bits per heavy atom. The van der Waals surface area contributed by atoms with Crippen molar-refractivity contribution >= 4 is 0 Å². The summed E-state index contributed by atoms with van der Waals surface area (Å²) in [6, 6.07) is -0.742. The monoisotopic (exact) mass is 275 g/mol. The molecule has 0 spiro atoms. The van der Waals surface area contributed by atoms with Gasteiger partial charge in [-0.3, -0.25) is 0 Å². The average molecular weight is 275 g/mol. The fraction of sp³-hybridized carbons (Fsp3) is 1.00. The first-order valence-electron chi connectivity index (χ1n) is 7.86. The standard InChI is InChI=1S/C15H33NO3/c1-2-3-4-5-6-7-8-9-10-11-14(18)15(19)13(16)12-17/h13-15,17-19H,2-12,16H2,1H3/t13-,14+,15-/m0/s1. The van der Waals surface area contributed by atoms with Crippen LogP contribution in [0.5, 0.6) is 0 Å². The summed E-state index contributed by atoms with van der Waals surface area (Å²) >= 11 is 0. The Balaban J connectivity index is 3.34. The van der Waals surface area contributed by atoms with Crippen LogP contribution in [0.2, 0.25) is 0 Å². The molecule has 4 heteroatoms. The van der Waals surface area contributed by atoms with Crippen molar-refractivity contribution in [3.63, 3.8) is 0 Å². The van der Waals surface area contributed by atoms with Crippen molar-refractivity contribution in [3.05, 3.63) is 0 Å². The predicted molar refractivity (Wildman–Crippen MR) is 78.9 cm³/mol. The van der Waals surface area contributed by atoms with E-state index in [0.717, 1.165) is 12.8 Å². The zero-order valence-corrected chi connectivity index (χ0v) is 12.4. The average Bonchev–Trinajstić information content (AvgIpc) is 2.43. The fourth-order valence-corrected chi connectivity index (χ4v) is 2.23. The lowest BCUT2D eigenvalue weighted by atomic mass is 10.00. The summed E-state index contributed by atoms with van der Waals surface area (Å²) in [5.41, 5.74) is 5.47. The van der Waals surface area contributed by atoms with Crippen LogP contribution in [0.4, 0.5) is 0 Å². The summed E-state index contributed by atoms with van der Waals surface area (Å²) in [6.07, 6.45) is 9.81. The van der Waals surface area contributed by atoms with Crippen LogP contribution in [-0.4, -0.2) is 40.2 Å². The van der Waals surface area contributed by atoms with Gasteiger partial charge in [0.15, 0.2) is 0 Å². The van der Waals surface area contributed by atoms with E-state index in [4.69, 9.17) is 10.8 Å². The third kappa shape index (κ3) is 10.3. The SMILES string of the molecule is CCCCCCCCCCC[C@@H](O)[C@@H](O)[C@@H](N)CO. The number of nitrogens with two attached hydrogens (primary N) is 1. The van der Waals surface area contributed by atoms with Gasteiger partial charge in [-0.15, -0.1) is 0 Å². The molecule has 0 aromatic carbocycles. The Bertz CT molecular complexity index is 190. The molecule has 0 saturated carbocycles. The molecule has 0 aliphatic rings. The number of aliphatic hydroxyl groups is 3. The van der Waals surface area contributed by atoms with Gasteiger partial charge in [-0.25, -0.2) is 0 Å². The number of unbranched alkanes of at least 4 members (excludes halogenated alkanes) is 8. The second kappa shape index (κ2) is 12.9. The molecule has 0 aliphatic carbocycles. The Kier molecular flexibility index (Phi) is 12.7. The molecule has 0 unspecified atom stereocenters. The quantitative estimate of drug-likeness (QED) is 0.387. The highest BCUT2D eigenvalue weighted by atomic mass is 16.3. The summed E-state index contributed by atoms with van der Waals surface area (Å²) in [5, 5.41) is 28.0. The molecule has 116 valence electrons. The minimum absolute atomic E-state index is 0.296. The van der Waals surface area contributed by atoms with Crippen LogP contribution in [0, 0.1) is 0 Å². The zero-order valence-electron chi connectivity index (χ0n) is 12.4. The highest BCUT2D eigenvalue weighted by molar-refractivity contribution is 4.77.